The summed E-state index contributed by atoms with van der Waals surface area (Å²) in [5.74, 6) is 0.791. The molecule has 0 aliphatic carbocycles. The summed E-state index contributed by atoms with van der Waals surface area (Å²) in [7, 11) is 1.86. The van der Waals surface area contributed by atoms with Crippen molar-refractivity contribution in [2.45, 2.75) is 13.2 Å². The Bertz CT molecular complexity index is 419. The van der Waals surface area contributed by atoms with E-state index in [4.69, 9.17) is 5.11 Å². The van der Waals surface area contributed by atoms with Crippen LogP contribution in [0.1, 0.15) is 11.5 Å². The van der Waals surface area contributed by atoms with Crippen LogP contribution in [0.3, 0.4) is 0 Å². The molecule has 2 heterocycles. The highest BCUT2D eigenvalue weighted by molar-refractivity contribution is 4.92. The molecule has 0 spiro atoms. The first-order valence-corrected chi connectivity index (χ1v) is 4.12. The quantitative estimate of drug-likeness (QED) is 0.674. The van der Waals surface area contributed by atoms with Gasteiger partial charge in [-0.2, -0.15) is 0 Å². The molecule has 2 rings (SSSR count). The summed E-state index contributed by atoms with van der Waals surface area (Å²) < 4.78 is 3.41. The molecule has 0 aromatic carbocycles. The first-order chi connectivity index (χ1) is 6.79. The third kappa shape index (κ3) is 1.62. The van der Waals surface area contributed by atoms with E-state index in [1.807, 2.05) is 7.05 Å². The van der Waals surface area contributed by atoms with E-state index in [9.17, 15) is 0 Å². The van der Waals surface area contributed by atoms with Crippen LogP contribution in [0.4, 0.5) is 0 Å². The van der Waals surface area contributed by atoms with Crippen molar-refractivity contribution in [1.82, 2.24) is 29.8 Å². The first-order valence-electron chi connectivity index (χ1n) is 4.12. The van der Waals surface area contributed by atoms with Crippen LogP contribution in [0.25, 0.3) is 0 Å². The molecule has 0 unspecified atom stereocenters. The summed E-state index contributed by atoms with van der Waals surface area (Å²) in [6.07, 6.45) is 3.30. The fraction of sp³-hybridized carbons (Fsp3) is 0.429. The van der Waals surface area contributed by atoms with Gasteiger partial charge in [0.25, 0.3) is 0 Å². The Hall–Kier alpha value is -1.76. The van der Waals surface area contributed by atoms with Crippen molar-refractivity contribution < 1.29 is 5.11 Å². The van der Waals surface area contributed by atoms with E-state index >= 15 is 0 Å². The molecule has 0 amide bonds. The fourth-order valence-corrected chi connectivity index (χ4v) is 1.08. The largest absolute Gasteiger partial charge is 0.390 e. The lowest BCUT2D eigenvalue weighted by Gasteiger charge is -1.98. The smallest absolute Gasteiger partial charge is 0.154 e. The third-order valence-corrected chi connectivity index (χ3v) is 1.86. The summed E-state index contributed by atoms with van der Waals surface area (Å²) in [6, 6.07) is 0. The minimum absolute atomic E-state index is 0.0984. The topological polar surface area (TPSA) is 81.7 Å². The maximum absolute atomic E-state index is 8.78. The van der Waals surface area contributed by atoms with E-state index < -0.39 is 0 Å². The Morgan fingerprint density at radius 2 is 2.29 bits per heavy atom. The summed E-state index contributed by atoms with van der Waals surface area (Å²) in [5.41, 5.74) is 0.548. The molecular weight excluding hydrogens is 184 g/mol. The Balaban J connectivity index is 2.15. The number of aliphatic hydroxyl groups is 1. The van der Waals surface area contributed by atoms with Gasteiger partial charge in [-0.15, -0.1) is 15.3 Å². The Morgan fingerprint density at radius 1 is 1.43 bits per heavy atom. The van der Waals surface area contributed by atoms with Crippen molar-refractivity contribution in [1.29, 1.82) is 0 Å². The van der Waals surface area contributed by atoms with Crippen molar-refractivity contribution >= 4 is 0 Å². The zero-order valence-corrected chi connectivity index (χ0v) is 7.70. The standard InChI is InChI=1S/C7H10N6O/c1-12-5-8-10-7(12)3-13-2-6(4-14)9-11-13/h2,5,14H,3-4H2,1H3. The van der Waals surface area contributed by atoms with Crippen LogP contribution in [0.2, 0.25) is 0 Å². The highest BCUT2D eigenvalue weighted by Gasteiger charge is 2.04. The number of hydrogen-bond donors (Lipinski definition) is 1. The van der Waals surface area contributed by atoms with Crippen molar-refractivity contribution in [3.05, 3.63) is 24.0 Å². The molecule has 0 radical (unpaired) electrons. The number of nitrogens with zero attached hydrogens (tertiary/aromatic N) is 6. The molecule has 0 saturated carbocycles. The van der Waals surface area contributed by atoms with Crippen LogP contribution >= 0.6 is 0 Å². The van der Waals surface area contributed by atoms with Crippen molar-refractivity contribution in [2.75, 3.05) is 0 Å². The predicted molar refractivity (Wildman–Crippen MR) is 46.0 cm³/mol. The van der Waals surface area contributed by atoms with Gasteiger partial charge in [0.1, 0.15) is 18.6 Å². The van der Waals surface area contributed by atoms with Crippen molar-refractivity contribution in [3.8, 4) is 0 Å². The van der Waals surface area contributed by atoms with Gasteiger partial charge in [-0.05, 0) is 0 Å². The third-order valence-electron chi connectivity index (χ3n) is 1.86. The zero-order chi connectivity index (χ0) is 9.97. The number of hydrogen-bond acceptors (Lipinski definition) is 5. The molecule has 0 aliphatic heterocycles. The van der Waals surface area contributed by atoms with Gasteiger partial charge in [0.2, 0.25) is 0 Å². The molecule has 7 nitrogen and oxygen atoms in total. The zero-order valence-electron chi connectivity index (χ0n) is 7.70. The lowest BCUT2D eigenvalue weighted by molar-refractivity contribution is 0.276. The minimum atomic E-state index is -0.0984. The fourth-order valence-electron chi connectivity index (χ4n) is 1.08. The maximum atomic E-state index is 8.78. The van der Waals surface area contributed by atoms with Crippen LogP contribution in [0.15, 0.2) is 12.5 Å². The molecule has 0 aliphatic rings. The van der Waals surface area contributed by atoms with Crippen LogP contribution in [0.5, 0.6) is 0 Å². The Morgan fingerprint density at radius 3 is 2.86 bits per heavy atom. The van der Waals surface area contributed by atoms with Gasteiger partial charge in [-0.1, -0.05) is 5.21 Å². The monoisotopic (exact) mass is 194 g/mol. The first kappa shape index (κ1) is 8.82. The van der Waals surface area contributed by atoms with Crippen molar-refractivity contribution in [3.63, 3.8) is 0 Å². The van der Waals surface area contributed by atoms with E-state index in [1.54, 1.807) is 21.8 Å². The predicted octanol–water partition coefficient (Wildman–Crippen LogP) is -1.05. The highest BCUT2D eigenvalue weighted by Crippen LogP contribution is 1.97. The molecule has 2 aromatic rings. The van der Waals surface area contributed by atoms with Gasteiger partial charge in [0.15, 0.2) is 5.82 Å². The molecule has 0 fully saturated rings. The number of aliphatic hydroxyl groups excluding tert-OH is 1. The molecule has 0 bridgehead atoms. The van der Waals surface area contributed by atoms with Crippen LogP contribution in [-0.4, -0.2) is 34.9 Å². The summed E-state index contributed by atoms with van der Waals surface area (Å²) in [5, 5.41) is 24.0. The van der Waals surface area contributed by atoms with Crippen molar-refractivity contribution in [2.24, 2.45) is 7.05 Å². The van der Waals surface area contributed by atoms with E-state index in [-0.39, 0.29) is 6.61 Å². The molecule has 14 heavy (non-hydrogen) atoms. The second kappa shape index (κ2) is 3.54. The van der Waals surface area contributed by atoms with Gasteiger partial charge in [-0.25, -0.2) is 4.68 Å². The second-order valence-corrected chi connectivity index (χ2v) is 2.92. The lowest BCUT2D eigenvalue weighted by Crippen LogP contribution is -2.06. The lowest BCUT2D eigenvalue weighted by atomic mass is 10.5. The van der Waals surface area contributed by atoms with Gasteiger partial charge in [-0.3, -0.25) is 0 Å². The van der Waals surface area contributed by atoms with E-state index in [1.165, 1.54) is 0 Å². The summed E-state index contributed by atoms with van der Waals surface area (Å²) >= 11 is 0. The Kier molecular flexibility index (Phi) is 2.23. The van der Waals surface area contributed by atoms with E-state index in [0.717, 1.165) is 5.82 Å². The molecule has 2 aromatic heterocycles. The van der Waals surface area contributed by atoms with Crippen LogP contribution < -0.4 is 0 Å². The molecule has 74 valence electrons. The molecular formula is C7H10N6O. The molecule has 7 heteroatoms. The average Bonchev–Trinajstić information content (AvgIpc) is 2.77. The van der Waals surface area contributed by atoms with Gasteiger partial charge < -0.3 is 9.67 Å². The van der Waals surface area contributed by atoms with E-state index in [2.05, 4.69) is 20.5 Å². The molecule has 1 N–H and O–H groups in total. The van der Waals surface area contributed by atoms with Gasteiger partial charge in [0, 0.05) is 7.05 Å². The molecule has 0 saturated heterocycles. The van der Waals surface area contributed by atoms with Crippen LogP contribution in [0, 0.1) is 0 Å². The minimum Gasteiger partial charge on any atom is -0.390 e. The summed E-state index contributed by atoms with van der Waals surface area (Å²) in [4.78, 5) is 0. The number of aromatic nitrogens is 6. The molecule has 0 atom stereocenters. The normalized spacial score (nSPS) is 10.7. The number of rotatable bonds is 3. The van der Waals surface area contributed by atoms with Crippen LogP contribution in [-0.2, 0) is 20.2 Å². The van der Waals surface area contributed by atoms with E-state index in [0.29, 0.717) is 12.2 Å². The maximum Gasteiger partial charge on any atom is 0.154 e. The summed E-state index contributed by atoms with van der Waals surface area (Å²) in [6.45, 7) is 0.405. The number of aryl methyl sites for hydroxylation is 1. The Labute approximate surface area is 80.0 Å². The highest BCUT2D eigenvalue weighted by atomic mass is 16.3. The SMILES string of the molecule is Cn1cnnc1Cn1cc(CO)nn1. The van der Waals surface area contributed by atoms with Gasteiger partial charge >= 0.3 is 0 Å². The average molecular weight is 194 g/mol. The second-order valence-electron chi connectivity index (χ2n) is 2.92. The van der Waals surface area contributed by atoms with Gasteiger partial charge in [0.05, 0.1) is 12.8 Å².